The Hall–Kier alpha value is -2.34. The van der Waals surface area contributed by atoms with Crippen LogP contribution in [0.3, 0.4) is 0 Å². The minimum Gasteiger partial charge on any atom is -0.501 e. The summed E-state index contributed by atoms with van der Waals surface area (Å²) >= 11 is 5.99. The first-order chi connectivity index (χ1) is 11.8. The maximum absolute atomic E-state index is 12.7. The van der Waals surface area contributed by atoms with Crippen LogP contribution in [0.25, 0.3) is 0 Å². The summed E-state index contributed by atoms with van der Waals surface area (Å²) in [7, 11) is 0. The minimum atomic E-state index is -0.771. The van der Waals surface area contributed by atoms with Crippen LogP contribution in [-0.2, 0) is 13.0 Å². The number of amides is 1. The van der Waals surface area contributed by atoms with Crippen molar-refractivity contribution in [2.45, 2.75) is 39.8 Å². The van der Waals surface area contributed by atoms with Gasteiger partial charge in [-0.1, -0.05) is 17.7 Å². The van der Waals surface area contributed by atoms with E-state index in [1.165, 1.54) is 0 Å². The molecule has 0 atom stereocenters. The molecule has 0 saturated carbocycles. The number of hydrogen-bond donors (Lipinski definition) is 1. The molecule has 1 aromatic heterocycles. The molecule has 3 rings (SSSR count). The number of benzene rings is 1. The first-order valence-corrected chi connectivity index (χ1v) is 8.56. The van der Waals surface area contributed by atoms with E-state index in [1.807, 2.05) is 32.9 Å². The van der Waals surface area contributed by atoms with E-state index in [4.69, 9.17) is 11.6 Å². The van der Waals surface area contributed by atoms with Crippen molar-refractivity contribution in [2.75, 3.05) is 6.54 Å². The van der Waals surface area contributed by atoms with Crippen molar-refractivity contribution >= 4 is 17.5 Å². The molecule has 0 unspecified atom stereocenters. The van der Waals surface area contributed by atoms with Crippen molar-refractivity contribution in [3.05, 3.63) is 56.2 Å². The van der Waals surface area contributed by atoms with Crippen LogP contribution >= 0.6 is 11.6 Å². The fourth-order valence-electron chi connectivity index (χ4n) is 3.15. The highest BCUT2D eigenvalue weighted by Crippen LogP contribution is 2.24. The summed E-state index contributed by atoms with van der Waals surface area (Å²) in [5.74, 6) is -0.445. The van der Waals surface area contributed by atoms with Crippen molar-refractivity contribution < 1.29 is 9.90 Å². The number of fused-ring (bicyclic) bond motifs is 1. The van der Waals surface area contributed by atoms with Gasteiger partial charge in [-0.2, -0.15) is 4.98 Å². The van der Waals surface area contributed by atoms with Gasteiger partial charge in [0.2, 0.25) is 5.75 Å². The monoisotopic (exact) mass is 361 g/mol. The molecule has 132 valence electrons. The lowest BCUT2D eigenvalue weighted by Gasteiger charge is -2.33. The van der Waals surface area contributed by atoms with Crippen LogP contribution < -0.4 is 5.56 Å². The zero-order chi connectivity index (χ0) is 18.3. The average molecular weight is 362 g/mol. The quantitative estimate of drug-likeness (QED) is 0.910. The van der Waals surface area contributed by atoms with Gasteiger partial charge in [-0.05, 0) is 44.0 Å². The molecule has 6 nitrogen and oxygen atoms in total. The predicted octanol–water partition coefficient (Wildman–Crippen LogP) is 2.37. The Morgan fingerprint density at radius 3 is 2.64 bits per heavy atom. The zero-order valence-electron chi connectivity index (χ0n) is 14.4. The highest BCUT2D eigenvalue weighted by molar-refractivity contribution is 6.30. The van der Waals surface area contributed by atoms with Crippen LogP contribution in [0.1, 0.15) is 41.3 Å². The number of aromatic hydroxyl groups is 1. The fraction of sp³-hybridized carbons (Fsp3) is 0.389. The maximum Gasteiger partial charge on any atom is 0.315 e. The molecule has 0 fully saturated rings. The predicted molar refractivity (Wildman–Crippen MR) is 95.3 cm³/mol. The molecule has 0 radical (unpaired) electrons. The Kier molecular flexibility index (Phi) is 4.56. The first kappa shape index (κ1) is 17.5. The van der Waals surface area contributed by atoms with Gasteiger partial charge < -0.3 is 14.6 Å². The summed E-state index contributed by atoms with van der Waals surface area (Å²) in [4.78, 5) is 30.5. The summed E-state index contributed by atoms with van der Waals surface area (Å²) in [6, 6.07) is 5.50. The van der Waals surface area contributed by atoms with E-state index in [0.29, 0.717) is 30.4 Å². The number of halogens is 1. The molecule has 1 aliphatic heterocycles. The summed E-state index contributed by atoms with van der Waals surface area (Å²) < 4.78 is 1.66. The zero-order valence-corrected chi connectivity index (χ0v) is 15.2. The molecule has 1 aliphatic rings. The number of carbonyl (C=O) groups is 1. The van der Waals surface area contributed by atoms with Crippen LogP contribution in [-0.4, -0.2) is 38.1 Å². The van der Waals surface area contributed by atoms with Gasteiger partial charge in [-0.15, -0.1) is 0 Å². The second kappa shape index (κ2) is 6.52. The number of aryl methyl sites for hydroxylation is 1. The largest absolute Gasteiger partial charge is 0.501 e. The number of rotatable bonds is 3. The van der Waals surface area contributed by atoms with Gasteiger partial charge in [0.15, 0.2) is 5.69 Å². The Bertz CT molecular complexity index is 905. The molecular weight excluding hydrogens is 342 g/mol. The molecular formula is C18H20ClN3O3. The molecule has 7 heteroatoms. The van der Waals surface area contributed by atoms with Crippen molar-refractivity contribution in [3.8, 4) is 5.75 Å². The summed E-state index contributed by atoms with van der Waals surface area (Å²) in [5.41, 5.74) is 1.21. The Labute approximate surface area is 150 Å². The standard InChI is InChI=1S/C18H20ClN3O3/c1-10(2)21-6-7-22-14(9-12-4-5-13(19)8-11(12)3)20-17(24)16(23)15(22)18(21)25/h4-5,8,10,23H,6-7,9H2,1-3H3. The van der Waals surface area contributed by atoms with E-state index in [2.05, 4.69) is 4.98 Å². The third kappa shape index (κ3) is 3.14. The number of nitrogens with zero attached hydrogens (tertiary/aromatic N) is 3. The lowest BCUT2D eigenvalue weighted by Crippen LogP contribution is -2.46. The van der Waals surface area contributed by atoms with Gasteiger partial charge in [0.1, 0.15) is 5.82 Å². The average Bonchev–Trinajstić information content (AvgIpc) is 2.54. The smallest absolute Gasteiger partial charge is 0.315 e. The maximum atomic E-state index is 12.7. The van der Waals surface area contributed by atoms with E-state index in [0.717, 1.165) is 11.1 Å². The normalized spacial score (nSPS) is 14.1. The molecule has 0 saturated heterocycles. The van der Waals surface area contributed by atoms with Crippen LogP contribution in [0.5, 0.6) is 5.75 Å². The number of carbonyl (C=O) groups excluding carboxylic acids is 1. The highest BCUT2D eigenvalue weighted by atomic mass is 35.5. The van der Waals surface area contributed by atoms with E-state index in [9.17, 15) is 14.7 Å². The second-order valence-electron chi connectivity index (χ2n) is 6.52. The van der Waals surface area contributed by atoms with Crippen LogP contribution in [0.4, 0.5) is 0 Å². The van der Waals surface area contributed by atoms with Gasteiger partial charge in [0, 0.05) is 30.6 Å². The first-order valence-electron chi connectivity index (χ1n) is 8.18. The lowest BCUT2D eigenvalue weighted by atomic mass is 10.0. The second-order valence-corrected chi connectivity index (χ2v) is 6.96. The van der Waals surface area contributed by atoms with Crippen molar-refractivity contribution in [1.82, 2.24) is 14.5 Å². The topological polar surface area (TPSA) is 75.4 Å². The Morgan fingerprint density at radius 1 is 1.28 bits per heavy atom. The molecule has 0 spiro atoms. The Morgan fingerprint density at radius 2 is 2.00 bits per heavy atom. The van der Waals surface area contributed by atoms with E-state index in [-0.39, 0.29) is 17.6 Å². The highest BCUT2D eigenvalue weighted by Gasteiger charge is 2.32. The molecule has 0 bridgehead atoms. The van der Waals surface area contributed by atoms with Gasteiger partial charge in [0.05, 0.1) is 0 Å². The van der Waals surface area contributed by atoms with Crippen molar-refractivity contribution in [3.63, 3.8) is 0 Å². The number of aromatic nitrogens is 2. The molecule has 1 aromatic carbocycles. The lowest BCUT2D eigenvalue weighted by molar-refractivity contribution is 0.0638. The summed E-state index contributed by atoms with van der Waals surface area (Å²) in [6.45, 7) is 6.74. The van der Waals surface area contributed by atoms with Crippen LogP contribution in [0.15, 0.2) is 23.0 Å². The van der Waals surface area contributed by atoms with E-state index >= 15 is 0 Å². The fourth-order valence-corrected chi connectivity index (χ4v) is 3.37. The van der Waals surface area contributed by atoms with E-state index in [1.54, 1.807) is 15.5 Å². The molecule has 1 N–H and O–H groups in total. The van der Waals surface area contributed by atoms with Crippen molar-refractivity contribution in [2.24, 2.45) is 0 Å². The SMILES string of the molecule is Cc1cc(Cl)ccc1Cc1nc(=O)c(O)c2n1CCN(C(C)C)C2=O. The summed E-state index contributed by atoms with van der Waals surface area (Å²) in [6.07, 6.45) is 0.389. The van der Waals surface area contributed by atoms with E-state index < -0.39 is 11.3 Å². The van der Waals surface area contributed by atoms with Crippen molar-refractivity contribution in [1.29, 1.82) is 0 Å². The number of hydrogen-bond acceptors (Lipinski definition) is 4. The third-order valence-electron chi connectivity index (χ3n) is 4.54. The van der Waals surface area contributed by atoms with Gasteiger partial charge in [-0.25, -0.2) is 0 Å². The third-order valence-corrected chi connectivity index (χ3v) is 4.78. The van der Waals surface area contributed by atoms with Crippen LogP contribution in [0.2, 0.25) is 5.02 Å². The molecule has 0 aliphatic carbocycles. The molecule has 2 heterocycles. The van der Waals surface area contributed by atoms with Crippen LogP contribution in [0, 0.1) is 6.92 Å². The molecule has 25 heavy (non-hydrogen) atoms. The van der Waals surface area contributed by atoms with Gasteiger partial charge in [-0.3, -0.25) is 9.59 Å². The van der Waals surface area contributed by atoms with Gasteiger partial charge >= 0.3 is 5.56 Å². The Balaban J connectivity index is 2.10. The molecule has 2 aromatic rings. The van der Waals surface area contributed by atoms with Gasteiger partial charge in [0.25, 0.3) is 5.91 Å². The molecule has 1 amide bonds. The summed E-state index contributed by atoms with van der Waals surface area (Å²) in [5, 5.41) is 10.8. The minimum absolute atomic E-state index is 0.00845.